The van der Waals surface area contributed by atoms with Crippen molar-refractivity contribution in [3.8, 4) is 5.82 Å². The van der Waals surface area contributed by atoms with Gasteiger partial charge in [0.1, 0.15) is 20.9 Å². The van der Waals surface area contributed by atoms with Crippen LogP contribution in [-0.2, 0) is 17.6 Å². The van der Waals surface area contributed by atoms with Crippen LogP contribution in [0, 0.1) is 0 Å². The summed E-state index contributed by atoms with van der Waals surface area (Å²) in [6.45, 7) is 3.36. The Kier molecular flexibility index (Phi) is 3.80. The number of nitrogens with zero attached hydrogens (tertiary/aromatic N) is 6. The van der Waals surface area contributed by atoms with Crippen LogP contribution in [0.25, 0.3) is 26.3 Å². The summed E-state index contributed by atoms with van der Waals surface area (Å²) in [7, 11) is 0. The molecule has 0 bridgehead atoms. The largest absolute Gasteiger partial charge is 0.378 e. The minimum Gasteiger partial charge on any atom is -0.378 e. The third kappa shape index (κ3) is 2.44. The van der Waals surface area contributed by atoms with Gasteiger partial charge in [-0.05, 0) is 54.2 Å². The van der Waals surface area contributed by atoms with E-state index in [4.69, 9.17) is 9.72 Å². The third-order valence-corrected chi connectivity index (χ3v) is 6.83. The van der Waals surface area contributed by atoms with Crippen molar-refractivity contribution in [1.29, 1.82) is 0 Å². The molecule has 0 amide bonds. The fourth-order valence-electron chi connectivity index (χ4n) is 4.44. The first kappa shape index (κ1) is 16.4. The summed E-state index contributed by atoms with van der Waals surface area (Å²) in [5.41, 5.74) is 3.77. The normalized spacial score (nSPS) is 17.4. The average Bonchev–Trinajstić information content (AvgIpc) is 3.41. The minimum absolute atomic E-state index is 0.772. The molecule has 0 N–H and O–H groups in total. The molecule has 1 aliphatic heterocycles. The Morgan fingerprint density at radius 1 is 0.929 bits per heavy atom. The highest BCUT2D eigenvalue weighted by Gasteiger charge is 2.26. The number of ether oxygens (including phenoxy) is 1. The minimum atomic E-state index is 0.772. The quantitative estimate of drug-likeness (QED) is 0.522. The highest BCUT2D eigenvalue weighted by molar-refractivity contribution is 7.25. The van der Waals surface area contributed by atoms with Crippen LogP contribution >= 0.6 is 11.3 Å². The van der Waals surface area contributed by atoms with Crippen molar-refractivity contribution in [2.45, 2.75) is 25.7 Å². The van der Waals surface area contributed by atoms with Crippen molar-refractivity contribution >= 4 is 37.6 Å². The third-order valence-electron chi connectivity index (χ3n) is 5.76. The summed E-state index contributed by atoms with van der Waals surface area (Å²) in [5.74, 6) is 1.98. The van der Waals surface area contributed by atoms with E-state index in [1.165, 1.54) is 29.4 Å². The van der Waals surface area contributed by atoms with Crippen LogP contribution in [0.2, 0.25) is 0 Å². The standard InChI is InChI=1S/C20H20N6OS/c1-2-6-14-13(5-1)15-16-17(19(23-24-22-16)25-7-3-4-8-25)28-20(15)21-18(14)26-9-11-27-12-10-26/h3-4,7-8H,1-2,5-6,9-12H2. The molecule has 1 aliphatic carbocycles. The lowest BCUT2D eigenvalue weighted by Crippen LogP contribution is -2.37. The molecular formula is C20H20N6OS. The number of rotatable bonds is 2. The number of thiophene rings is 1. The van der Waals surface area contributed by atoms with Crippen LogP contribution in [0.3, 0.4) is 0 Å². The zero-order valence-electron chi connectivity index (χ0n) is 15.5. The SMILES string of the molecule is c1ccn(-c2nnnc3c2sc2nc(N4CCOCC4)c4c(c23)CCCC4)c1. The number of aryl methyl sites for hydroxylation is 1. The van der Waals surface area contributed by atoms with Gasteiger partial charge >= 0.3 is 0 Å². The molecule has 0 unspecified atom stereocenters. The summed E-state index contributed by atoms with van der Waals surface area (Å²) in [5, 5.41) is 14.1. The van der Waals surface area contributed by atoms with Crippen molar-refractivity contribution in [3.63, 3.8) is 0 Å². The molecule has 8 heteroatoms. The number of aromatic nitrogens is 5. The molecule has 7 nitrogen and oxygen atoms in total. The van der Waals surface area contributed by atoms with Crippen molar-refractivity contribution in [2.75, 3.05) is 31.2 Å². The predicted molar refractivity (Wildman–Crippen MR) is 110 cm³/mol. The van der Waals surface area contributed by atoms with E-state index in [0.29, 0.717) is 0 Å². The predicted octanol–water partition coefficient (Wildman–Crippen LogP) is 3.14. The van der Waals surface area contributed by atoms with Gasteiger partial charge in [0.25, 0.3) is 0 Å². The average molecular weight is 392 g/mol. The van der Waals surface area contributed by atoms with Gasteiger partial charge in [0, 0.05) is 30.9 Å². The van der Waals surface area contributed by atoms with Crippen LogP contribution in [-0.4, -0.2) is 51.3 Å². The Balaban J connectivity index is 1.64. The van der Waals surface area contributed by atoms with Crippen molar-refractivity contribution < 1.29 is 4.74 Å². The van der Waals surface area contributed by atoms with Gasteiger partial charge in [0.2, 0.25) is 0 Å². The van der Waals surface area contributed by atoms with E-state index in [2.05, 4.69) is 20.3 Å². The van der Waals surface area contributed by atoms with Crippen LogP contribution in [0.1, 0.15) is 24.0 Å². The zero-order valence-corrected chi connectivity index (χ0v) is 16.3. The number of anilines is 1. The second-order valence-corrected chi connectivity index (χ2v) is 8.36. The van der Waals surface area contributed by atoms with Gasteiger partial charge in [-0.2, -0.15) is 0 Å². The van der Waals surface area contributed by atoms with Crippen molar-refractivity contribution in [3.05, 3.63) is 35.7 Å². The first-order valence-electron chi connectivity index (χ1n) is 9.83. The number of morpholine rings is 1. The summed E-state index contributed by atoms with van der Waals surface area (Å²) in [6.07, 6.45) is 8.61. The Morgan fingerprint density at radius 2 is 1.71 bits per heavy atom. The first-order chi connectivity index (χ1) is 13.9. The molecule has 0 saturated carbocycles. The summed E-state index contributed by atoms with van der Waals surface area (Å²) in [4.78, 5) is 8.60. The van der Waals surface area contributed by atoms with Gasteiger partial charge in [-0.25, -0.2) is 4.98 Å². The Bertz CT molecular complexity index is 1160. The molecule has 1 fully saturated rings. The molecular weight excluding hydrogens is 372 g/mol. The Labute approximate surface area is 166 Å². The van der Waals surface area contributed by atoms with Gasteiger partial charge in [0.15, 0.2) is 5.82 Å². The summed E-state index contributed by atoms with van der Waals surface area (Å²) < 4.78 is 8.62. The van der Waals surface area contributed by atoms with Crippen molar-refractivity contribution in [1.82, 2.24) is 25.0 Å². The van der Waals surface area contributed by atoms with Gasteiger partial charge in [0.05, 0.1) is 13.2 Å². The second-order valence-electron chi connectivity index (χ2n) is 7.36. The molecule has 4 aromatic heterocycles. The molecule has 0 spiro atoms. The lowest BCUT2D eigenvalue weighted by Gasteiger charge is -2.31. The lowest BCUT2D eigenvalue weighted by molar-refractivity contribution is 0.122. The molecule has 0 atom stereocenters. The Hall–Kier alpha value is -2.58. The van der Waals surface area contributed by atoms with E-state index in [1.54, 1.807) is 11.3 Å². The number of hydrogen-bond donors (Lipinski definition) is 0. The lowest BCUT2D eigenvalue weighted by atomic mass is 9.90. The fraction of sp³-hybridized carbons (Fsp3) is 0.400. The maximum Gasteiger partial charge on any atom is 0.180 e. The van der Waals surface area contributed by atoms with Crippen molar-refractivity contribution in [2.24, 2.45) is 0 Å². The zero-order chi connectivity index (χ0) is 18.5. The first-order valence-corrected chi connectivity index (χ1v) is 10.6. The Morgan fingerprint density at radius 3 is 2.54 bits per heavy atom. The molecule has 1 saturated heterocycles. The summed E-state index contributed by atoms with van der Waals surface area (Å²) >= 11 is 1.68. The van der Waals surface area contributed by atoms with Gasteiger partial charge in [-0.3, -0.25) is 0 Å². The molecule has 0 aromatic carbocycles. The number of pyridine rings is 1. The molecule has 4 aromatic rings. The second kappa shape index (κ2) is 6.49. The van der Waals surface area contributed by atoms with Gasteiger partial charge < -0.3 is 14.2 Å². The number of fused-ring (bicyclic) bond motifs is 5. The van der Waals surface area contributed by atoms with E-state index >= 15 is 0 Å². The van der Waals surface area contributed by atoms with Crippen LogP contribution in [0.15, 0.2) is 24.5 Å². The molecule has 2 aliphatic rings. The molecule has 28 heavy (non-hydrogen) atoms. The van der Waals surface area contributed by atoms with Crippen LogP contribution < -0.4 is 4.90 Å². The molecule has 142 valence electrons. The van der Waals surface area contributed by atoms with E-state index in [-0.39, 0.29) is 0 Å². The smallest absolute Gasteiger partial charge is 0.180 e. The van der Waals surface area contributed by atoms with Crippen LogP contribution in [0.5, 0.6) is 0 Å². The van der Waals surface area contributed by atoms with Gasteiger partial charge in [-0.1, -0.05) is 0 Å². The van der Waals surface area contributed by atoms with E-state index in [9.17, 15) is 0 Å². The number of hydrogen-bond acceptors (Lipinski definition) is 7. The highest BCUT2D eigenvalue weighted by Crippen LogP contribution is 2.42. The maximum absolute atomic E-state index is 5.56. The van der Waals surface area contributed by atoms with E-state index < -0.39 is 0 Å². The van der Waals surface area contributed by atoms with E-state index in [1.807, 2.05) is 29.1 Å². The fourth-order valence-corrected chi connectivity index (χ4v) is 5.56. The molecule has 0 radical (unpaired) electrons. The topological polar surface area (TPSA) is 69.0 Å². The molecule has 5 heterocycles. The maximum atomic E-state index is 5.56. The van der Waals surface area contributed by atoms with E-state index in [0.717, 1.165) is 65.8 Å². The van der Waals surface area contributed by atoms with Crippen LogP contribution in [0.4, 0.5) is 5.82 Å². The highest BCUT2D eigenvalue weighted by atomic mass is 32.1. The molecule has 6 rings (SSSR count). The summed E-state index contributed by atoms with van der Waals surface area (Å²) in [6, 6.07) is 4.00. The monoisotopic (exact) mass is 392 g/mol. The van der Waals surface area contributed by atoms with Gasteiger partial charge in [-0.15, -0.1) is 21.5 Å².